The van der Waals surface area contributed by atoms with E-state index in [9.17, 15) is 13.2 Å². The largest absolute Gasteiger partial charge is 0.492 e. The minimum Gasteiger partial charge on any atom is -0.492 e. The summed E-state index contributed by atoms with van der Waals surface area (Å²) < 4.78 is 36.8. The van der Waals surface area contributed by atoms with E-state index in [-0.39, 0.29) is 17.4 Å². The quantitative estimate of drug-likeness (QED) is 0.581. The van der Waals surface area contributed by atoms with Gasteiger partial charge >= 0.3 is 0 Å². The van der Waals surface area contributed by atoms with E-state index in [1.165, 1.54) is 26.2 Å². The molecular weight excluding hydrogens is 404 g/mol. The standard InChI is InChI=1S/C22H30N2O5S/c1-6-20(29-21-9-7-8-16(2)17(21)3)22(25)23-14-15-28-18-10-12-19(13-11-18)30(26,27)24(4)5/h7-13,20H,6,14-15H2,1-5H3,(H,23,25)/t20-/m0/s1. The SMILES string of the molecule is CC[C@H](Oc1cccc(C)c1C)C(=O)NCCOc1ccc(S(=O)(=O)N(C)C)cc1. The molecule has 30 heavy (non-hydrogen) atoms. The van der Waals surface area contributed by atoms with Crippen LogP contribution < -0.4 is 14.8 Å². The molecule has 0 saturated heterocycles. The van der Waals surface area contributed by atoms with Crippen LogP contribution in [-0.4, -0.2) is 52.0 Å². The molecule has 1 N–H and O–H groups in total. The van der Waals surface area contributed by atoms with E-state index in [1.807, 2.05) is 39.0 Å². The highest BCUT2D eigenvalue weighted by Gasteiger charge is 2.19. The molecular formula is C22H30N2O5S. The van der Waals surface area contributed by atoms with Gasteiger partial charge in [-0.25, -0.2) is 12.7 Å². The maximum absolute atomic E-state index is 12.4. The summed E-state index contributed by atoms with van der Waals surface area (Å²) in [5, 5.41) is 2.82. The van der Waals surface area contributed by atoms with Crippen LogP contribution in [0, 0.1) is 13.8 Å². The van der Waals surface area contributed by atoms with Crippen molar-refractivity contribution in [2.24, 2.45) is 0 Å². The van der Waals surface area contributed by atoms with Crippen LogP contribution in [0.25, 0.3) is 0 Å². The summed E-state index contributed by atoms with van der Waals surface area (Å²) in [5.41, 5.74) is 2.13. The van der Waals surface area contributed by atoms with Gasteiger partial charge < -0.3 is 14.8 Å². The number of nitrogens with zero attached hydrogens (tertiary/aromatic N) is 1. The Morgan fingerprint density at radius 2 is 1.77 bits per heavy atom. The van der Waals surface area contributed by atoms with Crippen LogP contribution in [0.1, 0.15) is 24.5 Å². The minimum atomic E-state index is -3.47. The number of carbonyl (C=O) groups excluding carboxylic acids is 1. The molecule has 0 fully saturated rings. The van der Waals surface area contributed by atoms with Crippen LogP contribution in [0.15, 0.2) is 47.4 Å². The molecule has 7 nitrogen and oxygen atoms in total. The highest BCUT2D eigenvalue weighted by Crippen LogP contribution is 2.22. The van der Waals surface area contributed by atoms with E-state index in [4.69, 9.17) is 9.47 Å². The van der Waals surface area contributed by atoms with Gasteiger partial charge in [0.1, 0.15) is 18.1 Å². The van der Waals surface area contributed by atoms with Crippen molar-refractivity contribution < 1.29 is 22.7 Å². The van der Waals surface area contributed by atoms with Gasteiger partial charge in [0.2, 0.25) is 10.0 Å². The maximum atomic E-state index is 12.4. The van der Waals surface area contributed by atoms with Crippen LogP contribution in [0.3, 0.4) is 0 Å². The number of ether oxygens (including phenoxy) is 2. The van der Waals surface area contributed by atoms with Gasteiger partial charge in [0.25, 0.3) is 5.91 Å². The third kappa shape index (κ3) is 5.96. The summed E-state index contributed by atoms with van der Waals surface area (Å²) in [6, 6.07) is 12.0. The lowest BCUT2D eigenvalue weighted by Gasteiger charge is -2.19. The second-order valence-electron chi connectivity index (χ2n) is 7.11. The van der Waals surface area contributed by atoms with E-state index < -0.39 is 16.1 Å². The number of nitrogens with one attached hydrogen (secondary N) is 1. The van der Waals surface area contributed by atoms with Crippen molar-refractivity contribution in [1.82, 2.24) is 9.62 Å². The van der Waals surface area contributed by atoms with E-state index >= 15 is 0 Å². The molecule has 0 bridgehead atoms. The third-order valence-corrected chi connectivity index (χ3v) is 6.59. The van der Waals surface area contributed by atoms with E-state index in [1.54, 1.807) is 12.1 Å². The Hall–Kier alpha value is -2.58. The zero-order chi connectivity index (χ0) is 22.3. The van der Waals surface area contributed by atoms with Crippen molar-refractivity contribution in [2.45, 2.75) is 38.2 Å². The van der Waals surface area contributed by atoms with E-state index in [0.29, 0.717) is 24.5 Å². The molecule has 1 amide bonds. The molecule has 2 aromatic rings. The highest BCUT2D eigenvalue weighted by molar-refractivity contribution is 7.89. The molecule has 8 heteroatoms. The lowest BCUT2D eigenvalue weighted by atomic mass is 10.1. The van der Waals surface area contributed by atoms with Crippen LogP contribution in [0.5, 0.6) is 11.5 Å². The molecule has 2 aromatic carbocycles. The maximum Gasteiger partial charge on any atom is 0.261 e. The van der Waals surface area contributed by atoms with Crippen molar-refractivity contribution in [3.8, 4) is 11.5 Å². The van der Waals surface area contributed by atoms with Crippen LogP contribution in [0.4, 0.5) is 0 Å². The number of hydrogen-bond acceptors (Lipinski definition) is 5. The van der Waals surface area contributed by atoms with Gasteiger partial charge in [-0.1, -0.05) is 19.1 Å². The second-order valence-corrected chi connectivity index (χ2v) is 9.26. The molecule has 0 aliphatic heterocycles. The highest BCUT2D eigenvalue weighted by atomic mass is 32.2. The summed E-state index contributed by atoms with van der Waals surface area (Å²) in [6.45, 7) is 6.44. The summed E-state index contributed by atoms with van der Waals surface area (Å²) in [7, 11) is -0.503. The zero-order valence-electron chi connectivity index (χ0n) is 18.1. The molecule has 0 spiro atoms. The first-order chi connectivity index (χ1) is 14.2. The number of aryl methyl sites for hydroxylation is 1. The van der Waals surface area contributed by atoms with Gasteiger partial charge in [0, 0.05) is 14.1 Å². The smallest absolute Gasteiger partial charge is 0.261 e. The van der Waals surface area contributed by atoms with Crippen molar-refractivity contribution >= 4 is 15.9 Å². The lowest BCUT2D eigenvalue weighted by Crippen LogP contribution is -2.39. The molecule has 2 rings (SSSR count). The fourth-order valence-electron chi connectivity index (χ4n) is 2.70. The van der Waals surface area contributed by atoms with Crippen LogP contribution in [0.2, 0.25) is 0 Å². The Labute approximate surface area is 179 Å². The first kappa shape index (κ1) is 23.7. The fraction of sp³-hybridized carbons (Fsp3) is 0.409. The molecule has 0 aromatic heterocycles. The molecule has 0 aliphatic rings. The summed E-state index contributed by atoms with van der Waals surface area (Å²) in [5.74, 6) is 1.04. The molecule has 0 heterocycles. The van der Waals surface area contributed by atoms with Gasteiger partial charge in [0.05, 0.1) is 11.4 Å². The molecule has 1 atom stereocenters. The van der Waals surface area contributed by atoms with Crippen molar-refractivity contribution in [3.63, 3.8) is 0 Å². The minimum absolute atomic E-state index is 0.197. The Morgan fingerprint density at radius 1 is 1.10 bits per heavy atom. The molecule has 0 aliphatic carbocycles. The van der Waals surface area contributed by atoms with Gasteiger partial charge in [-0.05, 0) is 61.7 Å². The normalized spacial score (nSPS) is 12.5. The number of amides is 1. The summed E-state index contributed by atoms with van der Waals surface area (Å²) >= 11 is 0. The number of rotatable bonds is 10. The first-order valence-electron chi connectivity index (χ1n) is 9.82. The Bertz CT molecular complexity index is 956. The number of benzene rings is 2. The first-order valence-corrected chi connectivity index (χ1v) is 11.3. The number of carbonyl (C=O) groups is 1. The zero-order valence-corrected chi connectivity index (χ0v) is 19.0. The molecule has 0 unspecified atom stereocenters. The Kier molecular flexibility index (Phi) is 8.25. The summed E-state index contributed by atoms with van der Waals surface area (Å²) in [4.78, 5) is 12.6. The van der Waals surface area contributed by atoms with Gasteiger partial charge in [-0.2, -0.15) is 0 Å². The van der Waals surface area contributed by atoms with Crippen LogP contribution in [-0.2, 0) is 14.8 Å². The lowest BCUT2D eigenvalue weighted by molar-refractivity contribution is -0.128. The molecule has 0 radical (unpaired) electrons. The Morgan fingerprint density at radius 3 is 2.37 bits per heavy atom. The van der Waals surface area contributed by atoms with Gasteiger partial charge in [-0.15, -0.1) is 0 Å². The van der Waals surface area contributed by atoms with Gasteiger partial charge in [-0.3, -0.25) is 4.79 Å². The Balaban J connectivity index is 1.84. The molecule has 0 saturated carbocycles. The van der Waals surface area contributed by atoms with E-state index in [0.717, 1.165) is 15.4 Å². The van der Waals surface area contributed by atoms with Crippen molar-refractivity contribution in [2.75, 3.05) is 27.2 Å². The predicted molar refractivity (Wildman–Crippen MR) is 116 cm³/mol. The molecule has 164 valence electrons. The average molecular weight is 435 g/mol. The number of hydrogen-bond donors (Lipinski definition) is 1. The number of sulfonamides is 1. The fourth-order valence-corrected chi connectivity index (χ4v) is 3.60. The van der Waals surface area contributed by atoms with Gasteiger partial charge in [0.15, 0.2) is 6.10 Å². The van der Waals surface area contributed by atoms with Crippen molar-refractivity contribution in [3.05, 3.63) is 53.6 Å². The van der Waals surface area contributed by atoms with Crippen LogP contribution >= 0.6 is 0 Å². The third-order valence-electron chi connectivity index (χ3n) is 4.76. The topological polar surface area (TPSA) is 84.9 Å². The predicted octanol–water partition coefficient (Wildman–Crippen LogP) is 2.91. The average Bonchev–Trinajstić information content (AvgIpc) is 2.72. The second kappa shape index (κ2) is 10.4. The van der Waals surface area contributed by atoms with E-state index in [2.05, 4.69) is 5.32 Å². The summed E-state index contributed by atoms with van der Waals surface area (Å²) in [6.07, 6.45) is -0.0389. The van der Waals surface area contributed by atoms with Crippen molar-refractivity contribution in [1.29, 1.82) is 0 Å². The monoisotopic (exact) mass is 434 g/mol.